The first-order valence-electron chi connectivity index (χ1n) is 11.4. The molecule has 3 N–H and O–H groups in total. The first kappa shape index (κ1) is 24.7. The Bertz CT molecular complexity index is 1010. The second kappa shape index (κ2) is 11.3. The van der Waals surface area contributed by atoms with Gasteiger partial charge in [0.1, 0.15) is 5.69 Å². The zero-order valence-corrected chi connectivity index (χ0v) is 20.3. The van der Waals surface area contributed by atoms with Crippen molar-refractivity contribution in [3.05, 3.63) is 41.5 Å². The highest BCUT2D eigenvalue weighted by Gasteiger charge is 2.24. The Morgan fingerprint density at radius 1 is 1.24 bits per heavy atom. The normalized spacial score (nSPS) is 20.0. The van der Waals surface area contributed by atoms with Crippen molar-refractivity contribution in [2.45, 2.75) is 51.7 Å². The van der Waals surface area contributed by atoms with E-state index in [1.165, 1.54) is 0 Å². The minimum atomic E-state index is -0.186. The van der Waals surface area contributed by atoms with Crippen LogP contribution in [0.3, 0.4) is 0 Å². The van der Waals surface area contributed by atoms with Gasteiger partial charge in [-0.25, -0.2) is 9.67 Å². The fraction of sp³-hybridized carbons (Fsp3) is 0.542. The van der Waals surface area contributed by atoms with E-state index in [0.29, 0.717) is 30.4 Å². The number of aliphatic imine (C=N–C) groups is 1. The highest BCUT2D eigenvalue weighted by Crippen LogP contribution is 2.24. The third-order valence-electron chi connectivity index (χ3n) is 6.07. The number of nitrogens with one attached hydrogen (secondary N) is 1. The molecular formula is C24H38N6O3. The maximum absolute atomic E-state index is 13.2. The van der Waals surface area contributed by atoms with Crippen LogP contribution in [-0.4, -0.2) is 65.5 Å². The standard InChI is InChI=1S/C24H36N6O3.H2/c1-16(25)23(17(2)26-3)18-14-21(28-22(15-18)30-11-10-29(30)4)24(31)27-19-6-8-20(9-7-19)33-13-12-32-5;/h10-11,14-15,19-20H,6-9,12-13,25H2,1-5H3,(H,27,31);1H/b23-16+,26-17?;. The number of methoxy groups -OCH3 is 1. The van der Waals surface area contributed by atoms with Gasteiger partial charge in [0.05, 0.1) is 19.3 Å². The van der Waals surface area contributed by atoms with Gasteiger partial charge in [0.15, 0.2) is 5.82 Å². The van der Waals surface area contributed by atoms with E-state index in [4.69, 9.17) is 15.2 Å². The predicted octanol–water partition coefficient (Wildman–Crippen LogP) is 2.94. The summed E-state index contributed by atoms with van der Waals surface area (Å²) in [4.78, 5) is 22.2. The van der Waals surface area contributed by atoms with Gasteiger partial charge in [-0.3, -0.25) is 14.5 Å². The number of pyridine rings is 1. The molecule has 0 bridgehead atoms. The van der Waals surface area contributed by atoms with Crippen molar-refractivity contribution in [1.29, 1.82) is 0 Å². The van der Waals surface area contributed by atoms with Crippen molar-refractivity contribution >= 4 is 17.2 Å². The molecule has 2 aromatic rings. The average molecular weight is 459 g/mol. The molecule has 182 valence electrons. The molecule has 2 heterocycles. The number of ether oxygens (including phenoxy) is 2. The van der Waals surface area contributed by atoms with Gasteiger partial charge in [-0.2, -0.15) is 0 Å². The van der Waals surface area contributed by atoms with Crippen molar-refractivity contribution < 1.29 is 15.7 Å². The molecule has 33 heavy (non-hydrogen) atoms. The van der Waals surface area contributed by atoms with Gasteiger partial charge in [0.2, 0.25) is 0 Å². The fourth-order valence-corrected chi connectivity index (χ4v) is 4.16. The van der Waals surface area contributed by atoms with Crippen LogP contribution in [0.15, 0.2) is 35.2 Å². The lowest BCUT2D eigenvalue weighted by Gasteiger charge is -2.29. The number of carbonyl (C=O) groups excluding carboxylic acids is 1. The van der Waals surface area contributed by atoms with E-state index in [1.54, 1.807) is 20.2 Å². The quantitative estimate of drug-likeness (QED) is 0.444. The van der Waals surface area contributed by atoms with E-state index >= 15 is 0 Å². The van der Waals surface area contributed by atoms with Crippen LogP contribution in [0, 0.1) is 0 Å². The Balaban J connectivity index is 0.00000408. The van der Waals surface area contributed by atoms with E-state index < -0.39 is 0 Å². The minimum absolute atomic E-state index is 0. The zero-order valence-electron chi connectivity index (χ0n) is 20.3. The Hall–Kier alpha value is -2.91. The van der Waals surface area contributed by atoms with Crippen LogP contribution in [0.1, 0.15) is 57.0 Å². The van der Waals surface area contributed by atoms with Crippen LogP contribution < -0.4 is 11.1 Å². The first-order valence-corrected chi connectivity index (χ1v) is 11.4. The first-order chi connectivity index (χ1) is 15.8. The SMILES string of the molecule is CN=C(C)/C(=C(/C)N)c1cc(C(=O)NC2CCC(OCCOC)CC2)nc(-n2ccn2C)c1.[HH]. The summed E-state index contributed by atoms with van der Waals surface area (Å²) in [6.45, 7) is 4.96. The Labute approximate surface area is 197 Å². The lowest BCUT2D eigenvalue weighted by Crippen LogP contribution is -2.39. The molecule has 1 aliphatic carbocycles. The van der Waals surface area contributed by atoms with Gasteiger partial charge in [-0.05, 0) is 57.2 Å². The van der Waals surface area contributed by atoms with Crippen molar-refractivity contribution in [3.8, 4) is 5.82 Å². The van der Waals surface area contributed by atoms with E-state index in [0.717, 1.165) is 42.5 Å². The number of aryl methyl sites for hydroxylation is 1. The molecule has 9 heteroatoms. The van der Waals surface area contributed by atoms with E-state index in [2.05, 4.69) is 15.3 Å². The average Bonchev–Trinajstić information content (AvgIpc) is 2.79. The van der Waals surface area contributed by atoms with Crippen LogP contribution >= 0.6 is 0 Å². The Morgan fingerprint density at radius 2 is 1.97 bits per heavy atom. The summed E-state index contributed by atoms with van der Waals surface area (Å²) in [5.41, 5.74) is 9.63. The van der Waals surface area contributed by atoms with Gasteiger partial charge in [-0.1, -0.05) is 0 Å². The third-order valence-corrected chi connectivity index (χ3v) is 6.07. The predicted molar refractivity (Wildman–Crippen MR) is 132 cm³/mol. The number of hydrogen-bond acceptors (Lipinski definition) is 6. The summed E-state index contributed by atoms with van der Waals surface area (Å²) >= 11 is 0. The Kier molecular flexibility index (Phi) is 8.46. The van der Waals surface area contributed by atoms with Gasteiger partial charge in [0.25, 0.3) is 5.91 Å². The van der Waals surface area contributed by atoms with E-state index in [9.17, 15) is 4.79 Å². The van der Waals surface area contributed by atoms with Crippen molar-refractivity contribution in [2.75, 3.05) is 27.4 Å². The molecule has 0 atom stereocenters. The van der Waals surface area contributed by atoms with Crippen molar-refractivity contribution in [3.63, 3.8) is 0 Å². The molecule has 3 rings (SSSR count). The highest BCUT2D eigenvalue weighted by molar-refractivity contribution is 6.23. The number of hydrogen-bond donors (Lipinski definition) is 2. The third kappa shape index (κ3) is 6.11. The summed E-state index contributed by atoms with van der Waals surface area (Å²) < 4.78 is 14.7. The summed E-state index contributed by atoms with van der Waals surface area (Å²) in [6.07, 6.45) is 7.64. The minimum Gasteiger partial charge on any atom is -0.402 e. The molecule has 1 aliphatic rings. The Morgan fingerprint density at radius 3 is 2.52 bits per heavy atom. The van der Waals surface area contributed by atoms with Crippen LogP contribution in [0.4, 0.5) is 0 Å². The smallest absolute Gasteiger partial charge is 0.270 e. The van der Waals surface area contributed by atoms with Crippen LogP contribution in [-0.2, 0) is 16.5 Å². The van der Waals surface area contributed by atoms with Crippen molar-refractivity contribution in [1.82, 2.24) is 19.7 Å². The summed E-state index contributed by atoms with van der Waals surface area (Å²) in [7, 11) is 5.32. The second-order valence-electron chi connectivity index (χ2n) is 8.49. The number of allylic oxidation sites excluding steroid dienone is 2. The van der Waals surface area contributed by atoms with Crippen LogP contribution in [0.25, 0.3) is 11.4 Å². The number of carbonyl (C=O) groups is 1. The maximum atomic E-state index is 13.2. The lowest BCUT2D eigenvalue weighted by atomic mass is 9.92. The second-order valence-corrected chi connectivity index (χ2v) is 8.49. The molecule has 0 radical (unpaired) electrons. The fourth-order valence-electron chi connectivity index (χ4n) is 4.16. The molecule has 0 unspecified atom stereocenters. The van der Waals surface area contributed by atoms with Gasteiger partial charge >= 0.3 is 0 Å². The number of amides is 1. The van der Waals surface area contributed by atoms with Gasteiger partial charge < -0.3 is 20.5 Å². The molecule has 1 saturated carbocycles. The molecule has 0 saturated heterocycles. The number of rotatable bonds is 9. The monoisotopic (exact) mass is 458 g/mol. The van der Waals surface area contributed by atoms with Crippen LogP contribution in [0.2, 0.25) is 0 Å². The molecule has 0 spiro atoms. The van der Waals surface area contributed by atoms with Gasteiger partial charge in [0, 0.05) is 58.0 Å². The molecule has 9 nitrogen and oxygen atoms in total. The van der Waals surface area contributed by atoms with Crippen LogP contribution in [0.5, 0.6) is 0 Å². The van der Waals surface area contributed by atoms with Crippen molar-refractivity contribution in [2.24, 2.45) is 17.8 Å². The molecule has 0 aliphatic heterocycles. The summed E-state index contributed by atoms with van der Waals surface area (Å²) in [5.74, 6) is 0.467. The molecular weight excluding hydrogens is 420 g/mol. The molecule has 0 aromatic carbocycles. The highest BCUT2D eigenvalue weighted by atomic mass is 16.5. The zero-order chi connectivity index (χ0) is 24.0. The van der Waals surface area contributed by atoms with E-state index in [-0.39, 0.29) is 19.5 Å². The summed E-state index contributed by atoms with van der Waals surface area (Å²) in [6, 6.07) is 3.83. The van der Waals surface area contributed by atoms with Gasteiger partial charge in [-0.15, -0.1) is 0 Å². The topological polar surface area (TPSA) is 109 Å². The molecule has 1 fully saturated rings. The number of nitrogens with two attached hydrogens (primary N) is 1. The summed E-state index contributed by atoms with van der Waals surface area (Å²) in [5, 5.41) is 3.17. The van der Waals surface area contributed by atoms with E-state index in [1.807, 2.05) is 48.7 Å². The number of aromatic nitrogens is 3. The molecule has 1 amide bonds. The number of nitrogens with zero attached hydrogens (tertiary/aromatic N) is 4. The largest absolute Gasteiger partial charge is 0.402 e. The maximum Gasteiger partial charge on any atom is 0.270 e. The molecule has 2 aromatic heterocycles. The lowest BCUT2D eigenvalue weighted by molar-refractivity contribution is -0.00409.